The molecule has 8 aromatic rings. The lowest BCUT2D eigenvalue weighted by atomic mass is 10.2. The van der Waals surface area contributed by atoms with Crippen LogP contribution in [0.15, 0.2) is 116 Å². The number of hydrogen-bond acceptors (Lipinski definition) is 14. The SMILES string of the molecule is COCC(=O)Cn1c(=O)c2c(nc(Oc3cccc(OC(F)(F)F)c3)n2Cc2ccc(Cl)cc2)n(C)c1=O.COCC(O)Cn1c(=O)c2c(nc(Oc3cccc(OC(F)(F)F)c3)n2Cc2ccc(Cl)cc2)n(C)c1=O. The molecule has 0 saturated heterocycles. The summed E-state index contributed by atoms with van der Waals surface area (Å²) >= 11 is 12.0. The molecule has 28 heteroatoms. The molecule has 0 radical (unpaired) electrons. The number of methoxy groups -OCH3 is 2. The van der Waals surface area contributed by atoms with Crippen LogP contribution in [0.3, 0.4) is 0 Å². The molecule has 4 heterocycles. The van der Waals surface area contributed by atoms with Gasteiger partial charge in [-0.15, -0.1) is 26.3 Å². The van der Waals surface area contributed by atoms with Crippen molar-refractivity contribution >= 4 is 51.3 Å². The van der Waals surface area contributed by atoms with Crippen LogP contribution in [0.2, 0.25) is 10.0 Å². The van der Waals surface area contributed by atoms with Crippen molar-refractivity contribution in [3.8, 4) is 35.0 Å². The van der Waals surface area contributed by atoms with E-state index in [4.69, 9.17) is 42.1 Å². The van der Waals surface area contributed by atoms with Gasteiger partial charge < -0.3 is 33.5 Å². The molecule has 1 atom stereocenters. The van der Waals surface area contributed by atoms with Crippen molar-refractivity contribution in [1.29, 1.82) is 0 Å². The van der Waals surface area contributed by atoms with Gasteiger partial charge in [0.05, 0.1) is 38.9 Å². The number of aryl methyl sites for hydroxylation is 2. The summed E-state index contributed by atoms with van der Waals surface area (Å²) in [6.07, 6.45) is -11.0. The summed E-state index contributed by atoms with van der Waals surface area (Å²) in [6.45, 7) is -1.23. The topological polar surface area (TPSA) is 216 Å². The number of carbonyl (C=O) groups excluding carboxylic acids is 1. The van der Waals surface area contributed by atoms with Gasteiger partial charge in [-0.3, -0.25) is 41.8 Å². The lowest BCUT2D eigenvalue weighted by Gasteiger charge is -2.14. The van der Waals surface area contributed by atoms with E-state index in [-0.39, 0.29) is 78.7 Å². The number of nitrogens with zero attached hydrogens (tertiary/aromatic N) is 8. The van der Waals surface area contributed by atoms with E-state index in [0.29, 0.717) is 21.2 Å². The van der Waals surface area contributed by atoms with E-state index >= 15 is 0 Å². The summed E-state index contributed by atoms with van der Waals surface area (Å²) in [5.41, 5.74) is -1.90. The number of imidazole rings is 2. The Morgan fingerprint density at radius 1 is 0.605 bits per heavy atom. The molecule has 0 spiro atoms. The summed E-state index contributed by atoms with van der Waals surface area (Å²) in [4.78, 5) is 73.6. The molecule has 0 bridgehead atoms. The lowest BCUT2D eigenvalue weighted by Crippen LogP contribution is -2.43. The first-order valence-electron chi connectivity index (χ1n) is 22.1. The molecule has 4 aromatic carbocycles. The van der Waals surface area contributed by atoms with Gasteiger partial charge in [-0.2, -0.15) is 9.97 Å². The van der Waals surface area contributed by atoms with Crippen LogP contribution in [0.25, 0.3) is 22.3 Å². The number of hydrogen-bond donors (Lipinski definition) is 1. The van der Waals surface area contributed by atoms with Gasteiger partial charge in [0.2, 0.25) is 0 Å². The first-order valence-corrected chi connectivity index (χ1v) is 22.8. The Bertz CT molecular complexity index is 3650. The molecule has 0 saturated carbocycles. The number of Topliss-reactive ketones (excluding diaryl/α,β-unsaturated/α-hetero) is 1. The Morgan fingerprint density at radius 2 is 1.01 bits per heavy atom. The smallest absolute Gasteiger partial charge is 0.425 e. The summed E-state index contributed by atoms with van der Waals surface area (Å²) in [6, 6.07) is 22.5. The van der Waals surface area contributed by atoms with E-state index < -0.39 is 65.2 Å². The molecule has 0 fully saturated rings. The van der Waals surface area contributed by atoms with E-state index in [1.165, 1.54) is 61.7 Å². The van der Waals surface area contributed by atoms with Crippen molar-refractivity contribution in [2.24, 2.45) is 14.1 Å². The number of rotatable bonds is 18. The largest absolute Gasteiger partial charge is 0.573 e. The first-order chi connectivity index (χ1) is 35.9. The maximum absolute atomic E-state index is 13.5. The third-order valence-corrected chi connectivity index (χ3v) is 11.3. The molecule has 4 aromatic heterocycles. The van der Waals surface area contributed by atoms with Crippen LogP contribution in [-0.2, 0) is 54.5 Å². The predicted octanol–water partition coefficient (Wildman–Crippen LogP) is 6.80. The highest BCUT2D eigenvalue weighted by atomic mass is 35.5. The normalized spacial score (nSPS) is 12.1. The zero-order valence-electron chi connectivity index (χ0n) is 40.1. The van der Waals surface area contributed by atoms with Crippen LogP contribution in [-0.4, -0.2) is 94.5 Å². The van der Waals surface area contributed by atoms with Crippen molar-refractivity contribution in [2.45, 2.75) is 45.0 Å². The molecule has 1 N–H and O–H groups in total. The van der Waals surface area contributed by atoms with Gasteiger partial charge in [-0.05, 0) is 59.7 Å². The number of ether oxygens (including phenoxy) is 6. The number of halogens is 8. The number of fused-ring (bicyclic) bond motifs is 2. The van der Waals surface area contributed by atoms with Crippen molar-refractivity contribution in [3.05, 3.63) is 160 Å². The van der Waals surface area contributed by atoms with E-state index in [0.717, 1.165) is 42.5 Å². The van der Waals surface area contributed by atoms with Gasteiger partial charge in [0, 0.05) is 50.5 Å². The van der Waals surface area contributed by atoms with Gasteiger partial charge in [0.25, 0.3) is 11.1 Å². The summed E-state index contributed by atoms with van der Waals surface area (Å²) in [5, 5.41) is 11.1. The molecule has 0 aliphatic rings. The Kier molecular flexibility index (Phi) is 17.1. The van der Waals surface area contributed by atoms with Crippen LogP contribution in [0.1, 0.15) is 11.1 Å². The van der Waals surface area contributed by atoms with Crippen LogP contribution in [0.4, 0.5) is 26.3 Å². The third-order valence-electron chi connectivity index (χ3n) is 10.8. The van der Waals surface area contributed by atoms with E-state index in [9.17, 15) is 55.4 Å². The van der Waals surface area contributed by atoms with Crippen molar-refractivity contribution in [1.82, 2.24) is 37.4 Å². The van der Waals surface area contributed by atoms with Crippen LogP contribution in [0, 0.1) is 0 Å². The average Bonchev–Trinajstić information content (AvgIpc) is 3.88. The highest BCUT2D eigenvalue weighted by Crippen LogP contribution is 2.32. The molecule has 0 amide bonds. The van der Waals surface area contributed by atoms with E-state index in [1.54, 1.807) is 48.5 Å². The average molecular weight is 1110 g/mol. The number of carbonyl (C=O) groups is 1. The van der Waals surface area contributed by atoms with E-state index in [1.807, 2.05) is 0 Å². The lowest BCUT2D eigenvalue weighted by molar-refractivity contribution is -0.275. The van der Waals surface area contributed by atoms with Crippen LogP contribution >= 0.6 is 23.2 Å². The first kappa shape index (κ1) is 55.8. The molecule has 76 heavy (non-hydrogen) atoms. The quantitative estimate of drug-likeness (QED) is 0.0875. The van der Waals surface area contributed by atoms with Crippen molar-refractivity contribution in [3.63, 3.8) is 0 Å². The number of aliphatic hydroxyl groups is 1. The molecule has 0 aliphatic heterocycles. The monoisotopic (exact) mass is 1110 g/mol. The van der Waals surface area contributed by atoms with Gasteiger partial charge in [0.15, 0.2) is 28.1 Å². The molecular weight excluding hydrogens is 1070 g/mol. The Hall–Kier alpha value is -7.91. The summed E-state index contributed by atoms with van der Waals surface area (Å²) in [5.74, 6) is -1.67. The molecule has 20 nitrogen and oxygen atoms in total. The van der Waals surface area contributed by atoms with Crippen molar-refractivity contribution in [2.75, 3.05) is 27.4 Å². The molecule has 8 rings (SSSR count). The van der Waals surface area contributed by atoms with Gasteiger partial charge in [0.1, 0.15) is 29.6 Å². The van der Waals surface area contributed by atoms with Gasteiger partial charge in [-0.25, -0.2) is 9.59 Å². The second-order valence-electron chi connectivity index (χ2n) is 16.4. The summed E-state index contributed by atoms with van der Waals surface area (Å²) < 4.78 is 112. The fraction of sp³-hybridized carbons (Fsp3) is 0.271. The van der Waals surface area contributed by atoms with Crippen molar-refractivity contribution < 1.29 is 64.7 Å². The number of ketones is 1. The molecular formula is C48H42Cl2F6N8O12. The predicted molar refractivity (Wildman–Crippen MR) is 261 cm³/mol. The van der Waals surface area contributed by atoms with Gasteiger partial charge >= 0.3 is 36.1 Å². The minimum absolute atomic E-state index is 0.0151. The summed E-state index contributed by atoms with van der Waals surface area (Å²) in [7, 11) is 5.43. The number of benzene rings is 4. The van der Waals surface area contributed by atoms with Gasteiger partial charge in [-0.1, -0.05) is 59.6 Å². The minimum atomic E-state index is -4.91. The fourth-order valence-corrected chi connectivity index (χ4v) is 7.77. The third kappa shape index (κ3) is 13.5. The number of alkyl halides is 6. The molecule has 1 unspecified atom stereocenters. The number of aliphatic hydroxyl groups excluding tert-OH is 1. The molecule has 0 aliphatic carbocycles. The standard InChI is InChI=1S/C24H22ClF3N4O6.C24H20ClF3N4O6/c2*1-30-20-19(21(34)32(23(30)35)12-16(33)13-36-2)31(11-14-6-8-15(25)9-7-14)22(29-20)37-17-4-3-5-18(10-17)38-24(26,27)28/h3-10,16,33H,11-13H2,1-2H3;3-10H,11-13H2,1-2H3. The second kappa shape index (κ2) is 23.3. The zero-order chi connectivity index (χ0) is 55.2. The minimum Gasteiger partial charge on any atom is -0.425 e. The molecule has 402 valence electrons. The highest BCUT2D eigenvalue weighted by Gasteiger charge is 2.33. The highest BCUT2D eigenvalue weighted by molar-refractivity contribution is 6.30. The second-order valence-corrected chi connectivity index (χ2v) is 17.3. The zero-order valence-corrected chi connectivity index (χ0v) is 41.6. The van der Waals surface area contributed by atoms with Crippen LogP contribution in [0.5, 0.6) is 35.0 Å². The number of aromatic nitrogens is 8. The Labute approximate surface area is 433 Å². The maximum atomic E-state index is 13.5. The maximum Gasteiger partial charge on any atom is 0.573 e. The Balaban J connectivity index is 0.000000221. The van der Waals surface area contributed by atoms with Crippen LogP contribution < -0.4 is 41.4 Å². The fourth-order valence-electron chi connectivity index (χ4n) is 7.52. The van der Waals surface area contributed by atoms with E-state index in [2.05, 4.69) is 19.4 Å². The Morgan fingerprint density at radius 3 is 1.42 bits per heavy atom.